The number of ether oxygens (including phenoxy) is 2. The number of amides is 1. The summed E-state index contributed by atoms with van der Waals surface area (Å²) in [5, 5.41) is 2.67. The van der Waals surface area contributed by atoms with Crippen LogP contribution in [0.3, 0.4) is 0 Å². The van der Waals surface area contributed by atoms with Crippen LogP contribution in [0.15, 0.2) is 59.6 Å². The van der Waals surface area contributed by atoms with Gasteiger partial charge in [-0.05, 0) is 56.1 Å². The van der Waals surface area contributed by atoms with Gasteiger partial charge in [-0.15, -0.1) is 11.3 Å². The highest BCUT2D eigenvalue weighted by Gasteiger charge is 2.29. The zero-order chi connectivity index (χ0) is 34.1. The minimum Gasteiger partial charge on any atom is -0.490 e. The third-order valence-electron chi connectivity index (χ3n) is 9.08. The van der Waals surface area contributed by atoms with Crippen molar-refractivity contribution in [3.63, 3.8) is 0 Å². The smallest absolute Gasteiger partial charge is 0.246 e. The maximum atomic E-state index is 16.0. The Morgan fingerprint density at radius 3 is 2.75 bits per heavy atom. The Morgan fingerprint density at radius 1 is 1.17 bits per heavy atom. The molecule has 12 heteroatoms. The summed E-state index contributed by atoms with van der Waals surface area (Å²) in [7, 11) is 3.61. The molecule has 0 spiro atoms. The first-order valence-corrected chi connectivity index (χ1v) is 16.7. The van der Waals surface area contributed by atoms with Crippen LogP contribution in [0.2, 0.25) is 0 Å². The average Bonchev–Trinajstić information content (AvgIpc) is 3.57. The van der Waals surface area contributed by atoms with Crippen LogP contribution in [0.4, 0.5) is 8.78 Å². The Bertz CT molecular complexity index is 1960. The zero-order valence-corrected chi connectivity index (χ0v) is 28.2. The van der Waals surface area contributed by atoms with Gasteiger partial charge >= 0.3 is 0 Å². The molecule has 0 aliphatic carbocycles. The number of fused-ring (bicyclic) bond motifs is 2. The average molecular weight is 673 g/mol. The van der Waals surface area contributed by atoms with E-state index in [0.717, 1.165) is 47.3 Å². The van der Waals surface area contributed by atoms with Gasteiger partial charge in [-0.1, -0.05) is 6.58 Å². The van der Waals surface area contributed by atoms with E-state index in [9.17, 15) is 9.18 Å². The van der Waals surface area contributed by atoms with E-state index in [1.807, 2.05) is 24.6 Å². The van der Waals surface area contributed by atoms with Crippen LogP contribution in [0.5, 0.6) is 5.75 Å². The largest absolute Gasteiger partial charge is 0.490 e. The van der Waals surface area contributed by atoms with E-state index in [4.69, 9.17) is 25.2 Å². The fraction of sp³-hybridized carbons (Fsp3) is 0.333. The molecule has 2 N–H and O–H groups in total. The second-order valence-electron chi connectivity index (χ2n) is 11.9. The Balaban J connectivity index is 1.60. The van der Waals surface area contributed by atoms with Gasteiger partial charge in [0.25, 0.3) is 0 Å². The maximum absolute atomic E-state index is 16.0. The Labute approximate surface area is 282 Å². The third kappa shape index (κ3) is 6.23. The molecule has 0 fully saturated rings. The van der Waals surface area contributed by atoms with Gasteiger partial charge in [0, 0.05) is 77.9 Å². The fourth-order valence-electron chi connectivity index (χ4n) is 6.34. The predicted molar refractivity (Wildman–Crippen MR) is 186 cm³/mol. The number of carbonyl (C=O) groups is 1. The maximum Gasteiger partial charge on any atom is 0.246 e. The SMILES string of the molecule is C=CC(=O)N1CCN=C(/C=C(\N)c2nc(-c3cnc4c(c3)C(C)N(C)CC4)c3ccsc3c2-c2c(F)cc(F)cc2OCCOC)C1C. The quantitative estimate of drug-likeness (QED) is 0.171. The van der Waals surface area contributed by atoms with Gasteiger partial charge in [-0.2, -0.15) is 0 Å². The number of hydrogen-bond acceptors (Lipinski definition) is 9. The summed E-state index contributed by atoms with van der Waals surface area (Å²) >= 11 is 1.40. The van der Waals surface area contributed by atoms with Gasteiger partial charge in [-0.3, -0.25) is 19.7 Å². The first-order chi connectivity index (χ1) is 23.1. The van der Waals surface area contributed by atoms with Crippen molar-refractivity contribution >= 4 is 38.7 Å². The van der Waals surface area contributed by atoms with Crippen molar-refractivity contribution in [2.75, 3.05) is 47.0 Å². The van der Waals surface area contributed by atoms with Gasteiger partial charge in [0.15, 0.2) is 0 Å². The van der Waals surface area contributed by atoms with Gasteiger partial charge in [0.05, 0.1) is 47.6 Å². The minimum atomic E-state index is -0.820. The number of rotatable bonds is 9. The lowest BCUT2D eigenvalue weighted by atomic mass is 9.94. The lowest BCUT2D eigenvalue weighted by molar-refractivity contribution is -0.126. The van der Waals surface area contributed by atoms with Crippen LogP contribution < -0.4 is 10.5 Å². The molecule has 2 unspecified atom stereocenters. The molecular formula is C36H38F2N6O3S. The second kappa shape index (κ2) is 13.9. The summed E-state index contributed by atoms with van der Waals surface area (Å²) in [6, 6.07) is 5.80. The number of likely N-dealkylation sites (N-methyl/N-ethyl adjacent to an activating group) is 1. The van der Waals surface area contributed by atoms with Crippen LogP contribution in [0.25, 0.3) is 38.2 Å². The van der Waals surface area contributed by atoms with Crippen LogP contribution >= 0.6 is 11.3 Å². The zero-order valence-electron chi connectivity index (χ0n) is 27.4. The van der Waals surface area contributed by atoms with Crippen LogP contribution in [-0.2, 0) is 16.0 Å². The van der Waals surface area contributed by atoms with E-state index in [0.29, 0.717) is 34.8 Å². The molecule has 9 nitrogen and oxygen atoms in total. The molecule has 0 bridgehead atoms. The number of benzene rings is 1. The van der Waals surface area contributed by atoms with Crippen molar-refractivity contribution in [3.05, 3.63) is 83.2 Å². The number of halogens is 2. The molecule has 6 rings (SSSR count). The van der Waals surface area contributed by atoms with E-state index in [1.54, 1.807) is 11.0 Å². The number of thiophene rings is 1. The number of nitrogens with zero attached hydrogens (tertiary/aromatic N) is 5. The molecule has 0 saturated carbocycles. The van der Waals surface area contributed by atoms with Crippen molar-refractivity contribution in [1.29, 1.82) is 0 Å². The van der Waals surface area contributed by atoms with Crippen molar-refractivity contribution in [2.45, 2.75) is 32.4 Å². The molecule has 1 aromatic carbocycles. The monoisotopic (exact) mass is 672 g/mol. The first-order valence-electron chi connectivity index (χ1n) is 15.8. The molecule has 1 amide bonds. The number of pyridine rings is 2. The number of hydrogen-bond donors (Lipinski definition) is 1. The molecule has 0 radical (unpaired) electrons. The molecule has 48 heavy (non-hydrogen) atoms. The topological polar surface area (TPSA) is 106 Å². The van der Waals surface area contributed by atoms with Crippen molar-refractivity contribution < 1.29 is 23.0 Å². The fourth-order valence-corrected chi connectivity index (χ4v) is 7.28. The Hall–Kier alpha value is -4.52. The van der Waals surface area contributed by atoms with Crippen molar-refractivity contribution in [2.24, 2.45) is 10.7 Å². The summed E-state index contributed by atoms with van der Waals surface area (Å²) < 4.78 is 42.4. The highest BCUT2D eigenvalue weighted by atomic mass is 32.1. The molecule has 2 aliphatic rings. The number of aliphatic imine (C=N–C) groups is 1. The molecular weight excluding hydrogens is 634 g/mol. The van der Waals surface area contributed by atoms with E-state index < -0.39 is 17.7 Å². The molecule has 0 saturated heterocycles. The van der Waals surface area contributed by atoms with E-state index in [1.165, 1.54) is 24.5 Å². The highest BCUT2D eigenvalue weighted by molar-refractivity contribution is 7.18. The van der Waals surface area contributed by atoms with Gasteiger partial charge in [-0.25, -0.2) is 13.8 Å². The number of aromatic nitrogens is 2. The summed E-state index contributed by atoms with van der Waals surface area (Å²) in [5.41, 5.74) is 11.9. The van der Waals surface area contributed by atoms with E-state index >= 15 is 4.39 Å². The molecule has 3 aromatic heterocycles. The first kappa shape index (κ1) is 33.4. The number of nitrogens with two attached hydrogens (primary N) is 1. The van der Waals surface area contributed by atoms with Gasteiger partial charge < -0.3 is 20.1 Å². The summed E-state index contributed by atoms with van der Waals surface area (Å²) in [6.07, 6.45) is 5.62. The Morgan fingerprint density at radius 2 is 1.98 bits per heavy atom. The molecule has 5 heterocycles. The summed E-state index contributed by atoms with van der Waals surface area (Å²) in [4.78, 5) is 31.2. The highest BCUT2D eigenvalue weighted by Crippen LogP contribution is 2.46. The third-order valence-corrected chi connectivity index (χ3v) is 10.0. The van der Waals surface area contributed by atoms with Crippen molar-refractivity contribution in [3.8, 4) is 28.1 Å². The molecule has 250 valence electrons. The summed E-state index contributed by atoms with van der Waals surface area (Å²) in [5.74, 6) is -1.81. The van der Waals surface area contributed by atoms with E-state index in [2.05, 4.69) is 36.5 Å². The molecule has 2 atom stereocenters. The second-order valence-corrected chi connectivity index (χ2v) is 12.9. The molecule has 2 aliphatic heterocycles. The number of methoxy groups -OCH3 is 1. The summed E-state index contributed by atoms with van der Waals surface area (Å²) in [6.45, 7) is 9.68. The van der Waals surface area contributed by atoms with Crippen LogP contribution in [0, 0.1) is 11.6 Å². The predicted octanol–water partition coefficient (Wildman–Crippen LogP) is 6.03. The van der Waals surface area contributed by atoms with Crippen LogP contribution in [-0.4, -0.2) is 84.4 Å². The van der Waals surface area contributed by atoms with Crippen molar-refractivity contribution in [1.82, 2.24) is 19.8 Å². The minimum absolute atomic E-state index is 0.00119. The van der Waals surface area contributed by atoms with E-state index in [-0.39, 0.29) is 47.9 Å². The molecule has 4 aromatic rings. The van der Waals surface area contributed by atoms with Gasteiger partial charge in [0.2, 0.25) is 5.91 Å². The van der Waals surface area contributed by atoms with Gasteiger partial charge in [0.1, 0.15) is 24.0 Å². The normalized spacial score (nSPS) is 18.5. The number of carbonyl (C=O) groups excluding carboxylic acids is 1. The lowest BCUT2D eigenvalue weighted by Gasteiger charge is -2.32. The van der Waals surface area contributed by atoms with Crippen LogP contribution in [0.1, 0.15) is 36.8 Å². The lowest BCUT2D eigenvalue weighted by Crippen LogP contribution is -2.46. The standard InChI is InChI=1S/C36H38F2N6O3S/c1-6-31(45)44-11-9-40-29(21(44)3)18-27(39)35-33(32-26(38)16-23(37)17-30(32)47-13-12-46-5)36-24(8-14-48-36)34(42-35)22-15-25-20(2)43(4)10-7-28(25)41-19-22/h6,8,14-21H,1,7,9-13,39H2,2-5H3/b27-18-. The Kier molecular flexibility index (Phi) is 9.68.